The van der Waals surface area contributed by atoms with Gasteiger partial charge in [-0.05, 0) is 85.4 Å². The van der Waals surface area contributed by atoms with Crippen LogP contribution in [0, 0.1) is 5.82 Å². The highest BCUT2D eigenvalue weighted by molar-refractivity contribution is 5.85. The summed E-state index contributed by atoms with van der Waals surface area (Å²) in [6, 6.07) is 26.6. The van der Waals surface area contributed by atoms with Crippen LogP contribution >= 0.6 is 0 Å². The van der Waals surface area contributed by atoms with Crippen molar-refractivity contribution in [2.24, 2.45) is 0 Å². The maximum Gasteiger partial charge on any atom is 0.165 e. The van der Waals surface area contributed by atoms with Gasteiger partial charge in [-0.25, -0.2) is 19.3 Å². The fourth-order valence-electron chi connectivity index (χ4n) is 5.52. The lowest BCUT2D eigenvalue weighted by Crippen LogP contribution is -2.43. The Balaban J connectivity index is 0.000000318. The molecule has 0 radical (unpaired) electrons. The van der Waals surface area contributed by atoms with Crippen molar-refractivity contribution in [3.8, 4) is 34.1 Å². The Hall–Kier alpha value is -5.78. The Morgan fingerprint density at radius 1 is 0.860 bits per heavy atom. The second kappa shape index (κ2) is 16.6. The number of aldehydes is 2. The standard InChI is InChI=1S/C29H28FN7.C8H6O3.C2H6/c1-35-15-17-36(18-16-35)19-20-4-10-23(11-5-20)37-28(24-3-2-14-32-27(24)31)34-26-13-12-25(33-29(26)37)21-6-8-22(30)9-7-21;9-4-6-1-2-7(5-10)8(11)3-6;1-2/h2-14H,15-19H2,1H3,(H2,31,32);1-5,11H;1-2H3. The lowest BCUT2D eigenvalue weighted by molar-refractivity contribution is 0.111. The molecule has 7 rings (SSSR count). The van der Waals surface area contributed by atoms with Crippen molar-refractivity contribution in [1.29, 1.82) is 0 Å². The molecule has 10 nitrogen and oxygen atoms in total. The minimum absolute atomic E-state index is 0.162. The monoisotopic (exact) mass is 673 g/mol. The van der Waals surface area contributed by atoms with Gasteiger partial charge in [0, 0.05) is 55.7 Å². The van der Waals surface area contributed by atoms with Gasteiger partial charge < -0.3 is 15.7 Å². The maximum atomic E-state index is 13.5. The van der Waals surface area contributed by atoms with Gasteiger partial charge in [0.25, 0.3) is 0 Å². The predicted molar refractivity (Wildman–Crippen MR) is 195 cm³/mol. The van der Waals surface area contributed by atoms with Crippen LogP contribution in [0.3, 0.4) is 0 Å². The number of pyridine rings is 2. The van der Waals surface area contributed by atoms with Gasteiger partial charge in [-0.15, -0.1) is 0 Å². The summed E-state index contributed by atoms with van der Waals surface area (Å²) in [4.78, 5) is 39.3. The number of carbonyl (C=O) groups is 2. The Morgan fingerprint density at radius 2 is 1.58 bits per heavy atom. The van der Waals surface area contributed by atoms with E-state index in [1.54, 1.807) is 18.3 Å². The third kappa shape index (κ3) is 8.25. The summed E-state index contributed by atoms with van der Waals surface area (Å²) in [6.07, 6.45) is 2.81. The first kappa shape index (κ1) is 35.5. The largest absolute Gasteiger partial charge is 0.507 e. The Kier molecular flexibility index (Phi) is 11.8. The molecular weight excluding hydrogens is 633 g/mol. The summed E-state index contributed by atoms with van der Waals surface area (Å²) in [5, 5.41) is 9.03. The second-order valence-electron chi connectivity index (χ2n) is 11.6. The number of aromatic hydroxyl groups is 1. The molecule has 0 amide bonds. The number of aromatic nitrogens is 4. The molecule has 0 aliphatic carbocycles. The lowest BCUT2D eigenvalue weighted by Gasteiger charge is -2.32. The van der Waals surface area contributed by atoms with Crippen molar-refractivity contribution in [1.82, 2.24) is 29.3 Å². The van der Waals surface area contributed by atoms with Crippen molar-refractivity contribution in [3.05, 3.63) is 120 Å². The predicted octanol–water partition coefficient (Wildman–Crippen LogP) is 6.66. The van der Waals surface area contributed by atoms with E-state index in [4.69, 9.17) is 20.8 Å². The number of piperazine rings is 1. The van der Waals surface area contributed by atoms with E-state index in [9.17, 15) is 14.0 Å². The van der Waals surface area contributed by atoms with Gasteiger partial charge in [-0.2, -0.15) is 0 Å². The maximum absolute atomic E-state index is 13.5. The molecule has 0 spiro atoms. The van der Waals surface area contributed by atoms with E-state index in [-0.39, 0.29) is 17.1 Å². The zero-order chi connectivity index (χ0) is 35.6. The van der Waals surface area contributed by atoms with Crippen molar-refractivity contribution in [2.45, 2.75) is 20.4 Å². The van der Waals surface area contributed by atoms with E-state index in [2.05, 4.69) is 46.1 Å². The number of carbonyl (C=O) groups excluding carboxylic acids is 2. The number of imidazole rings is 1. The van der Waals surface area contributed by atoms with Crippen molar-refractivity contribution in [3.63, 3.8) is 0 Å². The van der Waals surface area contributed by atoms with E-state index >= 15 is 0 Å². The molecule has 3 aromatic heterocycles. The molecule has 6 aromatic rings. The molecule has 11 heteroatoms. The number of nitrogens with zero attached hydrogens (tertiary/aromatic N) is 6. The lowest BCUT2D eigenvalue weighted by atomic mass is 10.1. The SMILES string of the molecule is CC.CN1CCN(Cc2ccc(-n3c(-c4cccnc4N)nc4ccc(-c5ccc(F)cc5)nc43)cc2)CC1.O=Cc1ccc(C=O)c(O)c1. The number of fused-ring (bicyclic) bond motifs is 1. The van der Waals surface area contributed by atoms with Crippen LogP contribution < -0.4 is 5.73 Å². The summed E-state index contributed by atoms with van der Waals surface area (Å²) in [5.74, 6) is 0.645. The van der Waals surface area contributed by atoms with E-state index in [1.165, 1.54) is 35.9 Å². The van der Waals surface area contributed by atoms with Crippen molar-refractivity contribution < 1.29 is 19.1 Å². The zero-order valence-corrected chi connectivity index (χ0v) is 28.3. The average Bonchev–Trinajstić information content (AvgIpc) is 3.53. The van der Waals surface area contributed by atoms with Gasteiger partial charge in [0.1, 0.15) is 29.2 Å². The average molecular weight is 674 g/mol. The van der Waals surface area contributed by atoms with Gasteiger partial charge in [0.2, 0.25) is 0 Å². The molecule has 3 aromatic carbocycles. The number of likely N-dealkylation sites (N-methyl/N-ethyl adjacent to an activating group) is 1. The molecule has 50 heavy (non-hydrogen) atoms. The highest BCUT2D eigenvalue weighted by Crippen LogP contribution is 2.32. The van der Waals surface area contributed by atoms with Crippen LogP contribution in [-0.2, 0) is 6.54 Å². The molecule has 0 atom stereocenters. The molecule has 0 unspecified atom stereocenters. The van der Waals surface area contributed by atoms with Gasteiger partial charge in [-0.3, -0.25) is 19.1 Å². The summed E-state index contributed by atoms with van der Waals surface area (Å²) in [6.45, 7) is 9.26. The number of hydrogen-bond donors (Lipinski definition) is 2. The van der Waals surface area contributed by atoms with Gasteiger partial charge in [-0.1, -0.05) is 32.0 Å². The highest BCUT2D eigenvalue weighted by atomic mass is 19.1. The first-order valence-electron chi connectivity index (χ1n) is 16.4. The molecule has 3 N–H and O–H groups in total. The van der Waals surface area contributed by atoms with Crippen molar-refractivity contribution >= 4 is 29.6 Å². The smallest absolute Gasteiger partial charge is 0.165 e. The number of phenols is 1. The topological polar surface area (TPSA) is 130 Å². The molecule has 0 saturated carbocycles. The zero-order valence-electron chi connectivity index (χ0n) is 28.3. The third-order valence-corrected chi connectivity index (χ3v) is 8.24. The highest BCUT2D eigenvalue weighted by Gasteiger charge is 2.19. The molecule has 0 bridgehead atoms. The second-order valence-corrected chi connectivity index (χ2v) is 11.6. The molecule has 1 aliphatic heterocycles. The van der Waals surface area contributed by atoms with Crippen molar-refractivity contribution in [2.75, 3.05) is 39.0 Å². The molecule has 256 valence electrons. The Morgan fingerprint density at radius 3 is 2.22 bits per heavy atom. The van der Waals surface area contributed by atoms with Crippen LogP contribution in [0.4, 0.5) is 10.2 Å². The van der Waals surface area contributed by atoms with Crippen LogP contribution in [0.15, 0.2) is 97.2 Å². The summed E-state index contributed by atoms with van der Waals surface area (Å²) >= 11 is 0. The molecule has 4 heterocycles. The minimum Gasteiger partial charge on any atom is -0.507 e. The molecule has 1 fully saturated rings. The summed E-state index contributed by atoms with van der Waals surface area (Å²) < 4.78 is 15.5. The Bertz CT molecular complexity index is 2060. The van der Waals surface area contributed by atoms with E-state index < -0.39 is 0 Å². The number of rotatable bonds is 7. The number of hydrogen-bond acceptors (Lipinski definition) is 9. The third-order valence-electron chi connectivity index (χ3n) is 8.24. The van der Waals surface area contributed by atoms with E-state index in [0.29, 0.717) is 35.4 Å². The van der Waals surface area contributed by atoms with Crippen LogP contribution in [0.1, 0.15) is 40.1 Å². The van der Waals surface area contributed by atoms with Crippen LogP contribution in [0.25, 0.3) is 39.5 Å². The number of anilines is 1. The van der Waals surface area contributed by atoms with E-state index in [0.717, 1.165) is 60.7 Å². The number of phenolic OH excluding ortho intramolecular Hbond substituents is 1. The first-order chi connectivity index (χ1) is 24.3. The quantitative estimate of drug-likeness (QED) is 0.179. The van der Waals surface area contributed by atoms with Crippen LogP contribution in [0.5, 0.6) is 5.75 Å². The molecule has 1 aliphatic rings. The van der Waals surface area contributed by atoms with E-state index in [1.807, 2.05) is 42.7 Å². The number of nitrogens with two attached hydrogens (primary N) is 1. The number of halogens is 1. The van der Waals surface area contributed by atoms with Crippen LogP contribution in [-0.4, -0.2) is 80.2 Å². The fraction of sp³-hybridized carbons (Fsp3) is 0.205. The van der Waals surface area contributed by atoms with Gasteiger partial charge in [0.05, 0.1) is 16.8 Å². The minimum atomic E-state index is -0.277. The van der Waals surface area contributed by atoms with Gasteiger partial charge >= 0.3 is 0 Å². The normalized spacial score (nSPS) is 13.1. The van der Waals surface area contributed by atoms with Crippen LogP contribution in [0.2, 0.25) is 0 Å². The number of benzene rings is 3. The first-order valence-corrected chi connectivity index (χ1v) is 16.4. The molecular formula is C39H40FN7O3. The molecule has 1 saturated heterocycles. The van der Waals surface area contributed by atoms with Gasteiger partial charge in [0.15, 0.2) is 17.8 Å². The number of nitrogen functional groups attached to an aromatic ring is 1. The summed E-state index contributed by atoms with van der Waals surface area (Å²) in [7, 11) is 2.17. The summed E-state index contributed by atoms with van der Waals surface area (Å²) in [5.41, 5.74) is 12.8. The Labute approximate surface area is 290 Å². The fourth-order valence-corrected chi connectivity index (χ4v) is 5.52.